The molecule has 0 aliphatic carbocycles. The fourth-order valence-corrected chi connectivity index (χ4v) is 3.60. The van der Waals surface area contributed by atoms with E-state index in [-0.39, 0.29) is 12.1 Å². The third kappa shape index (κ3) is 3.34. The average Bonchev–Trinajstić information content (AvgIpc) is 2.91. The molecule has 2 N–H and O–H groups in total. The number of carbonyl (C=O) groups is 1. The summed E-state index contributed by atoms with van der Waals surface area (Å²) in [6.07, 6.45) is 3.60. The number of hydrogen-bond donors (Lipinski definition) is 2. The van der Waals surface area contributed by atoms with Gasteiger partial charge in [0.05, 0.1) is 18.1 Å². The Morgan fingerprint density at radius 2 is 2.12 bits per heavy atom. The first-order valence-corrected chi connectivity index (χ1v) is 8.60. The second-order valence-corrected chi connectivity index (χ2v) is 7.81. The maximum Gasteiger partial charge on any atom is 0.408 e. The van der Waals surface area contributed by atoms with Crippen molar-refractivity contribution >= 4 is 11.8 Å². The van der Waals surface area contributed by atoms with Gasteiger partial charge in [0.1, 0.15) is 0 Å². The molecule has 1 aliphatic heterocycles. The number of aromatic nitrogens is 2. The second kappa shape index (κ2) is 6.10. The molecule has 6 heteroatoms. The lowest BCUT2D eigenvalue weighted by atomic mass is 9.89. The smallest absolute Gasteiger partial charge is 0.408 e. The van der Waals surface area contributed by atoms with Crippen LogP contribution in [0.15, 0.2) is 30.7 Å². The highest BCUT2D eigenvalue weighted by molar-refractivity contribution is 5.69. The molecule has 2 heterocycles. The molecule has 1 aliphatic rings. The predicted octanol–water partition coefficient (Wildman–Crippen LogP) is 4.20. The number of aryl methyl sites for hydroxylation is 1. The van der Waals surface area contributed by atoms with Gasteiger partial charge in [0.2, 0.25) is 0 Å². The summed E-state index contributed by atoms with van der Waals surface area (Å²) in [5.41, 5.74) is 3.47. The second-order valence-electron chi connectivity index (χ2n) is 7.81. The van der Waals surface area contributed by atoms with Gasteiger partial charge in [0.15, 0.2) is 0 Å². The summed E-state index contributed by atoms with van der Waals surface area (Å²) < 4.78 is 1.97. The molecule has 25 heavy (non-hydrogen) atoms. The van der Waals surface area contributed by atoms with Crippen molar-refractivity contribution in [2.75, 3.05) is 5.32 Å². The molecule has 3 rings (SSSR count). The third-order valence-corrected chi connectivity index (χ3v) is 4.62. The number of rotatable bonds is 2. The quantitative estimate of drug-likeness (QED) is 0.858. The molecular formula is C19H26N4O2. The number of anilines is 1. The maximum absolute atomic E-state index is 12.0. The van der Waals surface area contributed by atoms with Gasteiger partial charge in [-0.15, -0.1) is 0 Å². The molecule has 0 saturated heterocycles. The predicted molar refractivity (Wildman–Crippen MR) is 98.4 cm³/mol. The Hall–Kier alpha value is -2.50. The van der Waals surface area contributed by atoms with Gasteiger partial charge in [-0.1, -0.05) is 0 Å². The zero-order valence-electron chi connectivity index (χ0n) is 15.4. The molecule has 1 aromatic heterocycles. The zero-order chi connectivity index (χ0) is 18.4. The Labute approximate surface area is 148 Å². The lowest BCUT2D eigenvalue weighted by molar-refractivity contribution is 0.0644. The fraction of sp³-hybridized carbons (Fsp3) is 0.474. The fourth-order valence-electron chi connectivity index (χ4n) is 3.60. The van der Waals surface area contributed by atoms with E-state index < -0.39 is 11.6 Å². The van der Waals surface area contributed by atoms with Gasteiger partial charge in [-0.3, -0.25) is 4.90 Å². The summed E-state index contributed by atoms with van der Waals surface area (Å²) in [5, 5.41) is 13.3. The molecule has 0 radical (unpaired) electrons. The SMILES string of the molecule is Cc1cn(-c2ccc3c(c2)C(N(C(=O)O)C(C)(C)C)CC(C)N3)cn1. The molecule has 0 bridgehead atoms. The van der Waals surface area contributed by atoms with Crippen LogP contribution in [0.3, 0.4) is 0 Å². The van der Waals surface area contributed by atoms with Gasteiger partial charge in [0, 0.05) is 34.7 Å². The van der Waals surface area contributed by atoms with Crippen molar-refractivity contribution in [1.29, 1.82) is 0 Å². The zero-order valence-corrected chi connectivity index (χ0v) is 15.4. The Morgan fingerprint density at radius 3 is 2.68 bits per heavy atom. The van der Waals surface area contributed by atoms with Crippen LogP contribution in [0, 0.1) is 6.92 Å². The summed E-state index contributed by atoms with van der Waals surface area (Å²) >= 11 is 0. The minimum Gasteiger partial charge on any atom is -0.465 e. The largest absolute Gasteiger partial charge is 0.465 e. The minimum absolute atomic E-state index is 0.187. The van der Waals surface area contributed by atoms with E-state index in [2.05, 4.69) is 23.3 Å². The van der Waals surface area contributed by atoms with Crippen molar-refractivity contribution in [3.63, 3.8) is 0 Å². The number of hydrogen-bond acceptors (Lipinski definition) is 3. The molecule has 1 aromatic carbocycles. The lowest BCUT2D eigenvalue weighted by Gasteiger charge is -2.44. The topological polar surface area (TPSA) is 70.4 Å². The summed E-state index contributed by atoms with van der Waals surface area (Å²) in [4.78, 5) is 17.9. The normalized spacial score (nSPS) is 19.9. The number of amides is 1. The van der Waals surface area contributed by atoms with Crippen molar-refractivity contribution in [2.24, 2.45) is 0 Å². The number of nitrogens with zero attached hydrogens (tertiary/aromatic N) is 3. The third-order valence-electron chi connectivity index (χ3n) is 4.62. The van der Waals surface area contributed by atoms with Gasteiger partial charge in [-0.25, -0.2) is 9.78 Å². The van der Waals surface area contributed by atoms with E-state index in [0.717, 1.165) is 29.1 Å². The molecule has 134 valence electrons. The standard InChI is InChI=1S/C19H26N4O2/c1-12-8-17(23(18(24)25)19(3,4)5)15-9-14(6-7-16(15)21-12)22-10-13(2)20-11-22/h6-7,9-12,17,21H,8H2,1-5H3,(H,24,25). The van der Waals surface area contributed by atoms with Gasteiger partial charge in [-0.2, -0.15) is 0 Å². The Balaban J connectivity index is 2.10. The first-order chi connectivity index (χ1) is 11.7. The van der Waals surface area contributed by atoms with E-state index in [1.54, 1.807) is 11.2 Å². The first-order valence-electron chi connectivity index (χ1n) is 8.60. The maximum atomic E-state index is 12.0. The number of imidazole rings is 1. The molecule has 2 aromatic rings. The highest BCUT2D eigenvalue weighted by Crippen LogP contribution is 2.40. The van der Waals surface area contributed by atoms with Crippen LogP contribution in [0.5, 0.6) is 0 Å². The van der Waals surface area contributed by atoms with Crippen molar-refractivity contribution in [3.05, 3.63) is 42.0 Å². The van der Waals surface area contributed by atoms with Gasteiger partial charge < -0.3 is 15.0 Å². The number of fused-ring (bicyclic) bond motifs is 1. The van der Waals surface area contributed by atoms with Crippen LogP contribution in [-0.4, -0.2) is 37.2 Å². The van der Waals surface area contributed by atoms with Crippen LogP contribution in [0.1, 0.15) is 51.4 Å². The van der Waals surface area contributed by atoms with E-state index in [1.807, 2.05) is 50.6 Å². The molecule has 0 fully saturated rings. The average molecular weight is 342 g/mol. The summed E-state index contributed by atoms with van der Waals surface area (Å²) in [7, 11) is 0. The molecule has 2 unspecified atom stereocenters. The summed E-state index contributed by atoms with van der Waals surface area (Å²) in [6, 6.07) is 6.16. The number of benzene rings is 1. The highest BCUT2D eigenvalue weighted by atomic mass is 16.4. The van der Waals surface area contributed by atoms with Crippen molar-refractivity contribution in [3.8, 4) is 5.69 Å². The first kappa shape index (κ1) is 17.3. The van der Waals surface area contributed by atoms with Crippen LogP contribution in [0.2, 0.25) is 0 Å². The van der Waals surface area contributed by atoms with Crippen LogP contribution in [0.4, 0.5) is 10.5 Å². The van der Waals surface area contributed by atoms with Crippen LogP contribution in [0.25, 0.3) is 5.69 Å². The monoisotopic (exact) mass is 342 g/mol. The number of nitrogens with one attached hydrogen (secondary N) is 1. The van der Waals surface area contributed by atoms with Gasteiger partial charge in [0.25, 0.3) is 0 Å². The van der Waals surface area contributed by atoms with E-state index >= 15 is 0 Å². The molecule has 2 atom stereocenters. The van der Waals surface area contributed by atoms with E-state index in [4.69, 9.17) is 0 Å². The molecule has 0 saturated carbocycles. The van der Waals surface area contributed by atoms with Gasteiger partial charge in [-0.05, 0) is 59.2 Å². The Kier molecular flexibility index (Phi) is 4.22. The molecular weight excluding hydrogens is 316 g/mol. The number of carboxylic acid groups (broad SMARTS) is 1. The van der Waals surface area contributed by atoms with E-state index in [1.165, 1.54) is 0 Å². The highest BCUT2D eigenvalue weighted by Gasteiger charge is 2.38. The Bertz CT molecular complexity index is 791. The lowest BCUT2D eigenvalue weighted by Crippen LogP contribution is -2.49. The van der Waals surface area contributed by atoms with Crippen molar-refractivity contribution in [2.45, 2.75) is 58.7 Å². The summed E-state index contributed by atoms with van der Waals surface area (Å²) in [5.74, 6) is 0. The van der Waals surface area contributed by atoms with Crippen molar-refractivity contribution < 1.29 is 9.90 Å². The van der Waals surface area contributed by atoms with Crippen LogP contribution in [-0.2, 0) is 0 Å². The molecule has 0 spiro atoms. The summed E-state index contributed by atoms with van der Waals surface area (Å²) in [6.45, 7) is 9.86. The van der Waals surface area contributed by atoms with Crippen LogP contribution < -0.4 is 5.32 Å². The van der Waals surface area contributed by atoms with E-state index in [9.17, 15) is 9.90 Å². The van der Waals surface area contributed by atoms with E-state index in [0.29, 0.717) is 0 Å². The van der Waals surface area contributed by atoms with Crippen molar-refractivity contribution in [1.82, 2.24) is 14.5 Å². The molecule has 6 nitrogen and oxygen atoms in total. The van der Waals surface area contributed by atoms with Gasteiger partial charge >= 0.3 is 6.09 Å². The Morgan fingerprint density at radius 1 is 1.40 bits per heavy atom. The minimum atomic E-state index is -0.888. The molecule has 1 amide bonds. The van der Waals surface area contributed by atoms with Crippen LogP contribution >= 0.6 is 0 Å².